The number of nitrogen functional groups attached to an aromatic ring is 1. The molecule has 22 heavy (non-hydrogen) atoms. The minimum Gasteiger partial charge on any atom is -0.399 e. The van der Waals surface area contributed by atoms with Crippen molar-refractivity contribution in [2.24, 2.45) is 0 Å². The molecule has 2 aromatic rings. The summed E-state index contributed by atoms with van der Waals surface area (Å²) >= 11 is 0. The fourth-order valence-electron chi connectivity index (χ4n) is 2.37. The summed E-state index contributed by atoms with van der Waals surface area (Å²) in [7, 11) is 0. The molecule has 0 atom stereocenters. The highest BCUT2D eigenvalue weighted by Crippen LogP contribution is 2.26. The van der Waals surface area contributed by atoms with Crippen LogP contribution in [0.2, 0.25) is 0 Å². The Hall–Kier alpha value is -3.20. The number of nitriles is 1. The second-order valence-electron chi connectivity index (χ2n) is 4.92. The number of hydrogen-bond donors (Lipinski definition) is 1. The van der Waals surface area contributed by atoms with Gasteiger partial charge in [-0.25, -0.2) is 4.39 Å². The Balaban J connectivity index is 1.94. The van der Waals surface area contributed by atoms with Gasteiger partial charge in [0, 0.05) is 11.3 Å². The van der Waals surface area contributed by atoms with E-state index >= 15 is 0 Å². The van der Waals surface area contributed by atoms with Crippen LogP contribution in [0.25, 0.3) is 0 Å². The van der Waals surface area contributed by atoms with Gasteiger partial charge in [0.05, 0.1) is 29.3 Å². The highest BCUT2D eigenvalue weighted by molar-refractivity contribution is 6.21. The number of carbonyl (C=O) groups excluding carboxylic acids is 2. The molecule has 3 rings (SSSR count). The fourth-order valence-corrected chi connectivity index (χ4v) is 2.37. The number of fused-ring (bicyclic) bond motifs is 1. The summed E-state index contributed by atoms with van der Waals surface area (Å²) in [5.41, 5.74) is 6.83. The Morgan fingerprint density at radius 2 is 1.82 bits per heavy atom. The Morgan fingerprint density at radius 1 is 1.09 bits per heavy atom. The molecule has 5 nitrogen and oxygen atoms in total. The van der Waals surface area contributed by atoms with Gasteiger partial charge in [0.2, 0.25) is 0 Å². The normalized spacial score (nSPS) is 13.2. The van der Waals surface area contributed by atoms with E-state index in [0.29, 0.717) is 5.69 Å². The van der Waals surface area contributed by atoms with Gasteiger partial charge in [0.25, 0.3) is 11.8 Å². The van der Waals surface area contributed by atoms with E-state index in [1.807, 2.05) is 6.07 Å². The fraction of sp³-hybridized carbons (Fsp3) is 0.0625. The first-order valence-corrected chi connectivity index (χ1v) is 6.45. The molecule has 0 aliphatic carbocycles. The van der Waals surface area contributed by atoms with Crippen LogP contribution in [0.1, 0.15) is 31.8 Å². The lowest BCUT2D eigenvalue weighted by molar-refractivity contribution is 0.0641. The van der Waals surface area contributed by atoms with Crippen LogP contribution < -0.4 is 5.73 Å². The van der Waals surface area contributed by atoms with Crippen molar-refractivity contribution < 1.29 is 14.0 Å². The van der Waals surface area contributed by atoms with Gasteiger partial charge in [-0.1, -0.05) is 6.07 Å². The van der Waals surface area contributed by atoms with Crippen molar-refractivity contribution in [1.29, 1.82) is 5.26 Å². The van der Waals surface area contributed by atoms with Gasteiger partial charge >= 0.3 is 0 Å². The standard InChI is InChI=1S/C16H10FN3O2/c17-14-5-9(7-18)1-2-10(14)8-20-15(21)12-4-3-11(19)6-13(12)16(20)22/h1-6H,8,19H2. The molecule has 2 aromatic carbocycles. The third-order valence-corrected chi connectivity index (χ3v) is 3.51. The summed E-state index contributed by atoms with van der Waals surface area (Å²) in [6, 6.07) is 10.2. The Kier molecular flexibility index (Phi) is 3.11. The van der Waals surface area contributed by atoms with E-state index < -0.39 is 17.6 Å². The summed E-state index contributed by atoms with van der Waals surface area (Å²) in [5.74, 6) is -1.62. The molecule has 0 saturated heterocycles. The Labute approximate surface area is 125 Å². The van der Waals surface area contributed by atoms with Gasteiger partial charge in [-0.2, -0.15) is 5.26 Å². The molecular formula is C16H10FN3O2. The van der Waals surface area contributed by atoms with E-state index in [9.17, 15) is 14.0 Å². The van der Waals surface area contributed by atoms with Crippen molar-refractivity contribution >= 4 is 17.5 Å². The van der Waals surface area contributed by atoms with Gasteiger partial charge in [-0.3, -0.25) is 14.5 Å². The molecule has 0 fully saturated rings. The number of benzene rings is 2. The lowest BCUT2D eigenvalue weighted by Gasteiger charge is -2.14. The predicted molar refractivity (Wildman–Crippen MR) is 76.2 cm³/mol. The molecule has 0 spiro atoms. The SMILES string of the molecule is N#Cc1ccc(CN2C(=O)c3ccc(N)cc3C2=O)c(F)c1. The number of nitrogens with zero attached hydrogens (tertiary/aromatic N) is 2. The second-order valence-corrected chi connectivity index (χ2v) is 4.92. The lowest BCUT2D eigenvalue weighted by atomic mass is 10.1. The number of rotatable bonds is 2. The van der Waals surface area contributed by atoms with Crippen LogP contribution in [0.3, 0.4) is 0 Å². The van der Waals surface area contributed by atoms with E-state index in [-0.39, 0.29) is 28.8 Å². The molecule has 0 aromatic heterocycles. The maximum atomic E-state index is 13.9. The number of imide groups is 1. The second kappa shape index (κ2) is 4.97. The number of amides is 2. The van der Waals surface area contributed by atoms with Crippen molar-refractivity contribution in [3.63, 3.8) is 0 Å². The van der Waals surface area contributed by atoms with Gasteiger partial charge in [-0.05, 0) is 30.3 Å². The number of hydrogen-bond acceptors (Lipinski definition) is 4. The zero-order valence-electron chi connectivity index (χ0n) is 11.3. The monoisotopic (exact) mass is 295 g/mol. The minimum atomic E-state index is -0.630. The number of anilines is 1. The maximum absolute atomic E-state index is 13.9. The predicted octanol–water partition coefficient (Wildman–Crippen LogP) is 2.08. The van der Waals surface area contributed by atoms with Gasteiger partial charge in [0.1, 0.15) is 5.82 Å². The first kappa shape index (κ1) is 13.8. The first-order valence-electron chi connectivity index (χ1n) is 6.45. The molecule has 0 bridgehead atoms. The van der Waals surface area contributed by atoms with Crippen molar-refractivity contribution in [3.05, 3.63) is 64.5 Å². The summed E-state index contributed by atoms with van der Waals surface area (Å²) in [5, 5.41) is 8.72. The van der Waals surface area contributed by atoms with Crippen LogP contribution in [-0.4, -0.2) is 16.7 Å². The van der Waals surface area contributed by atoms with Gasteiger partial charge in [-0.15, -0.1) is 0 Å². The van der Waals surface area contributed by atoms with Crippen LogP contribution in [0.5, 0.6) is 0 Å². The topological polar surface area (TPSA) is 87.2 Å². The van der Waals surface area contributed by atoms with Crippen LogP contribution >= 0.6 is 0 Å². The van der Waals surface area contributed by atoms with E-state index in [1.165, 1.54) is 30.3 Å². The minimum absolute atomic E-state index is 0.168. The molecule has 0 unspecified atom stereocenters. The van der Waals surface area contributed by atoms with E-state index in [0.717, 1.165) is 11.0 Å². The van der Waals surface area contributed by atoms with Crippen LogP contribution in [0, 0.1) is 17.1 Å². The van der Waals surface area contributed by atoms with Crippen LogP contribution in [-0.2, 0) is 6.54 Å². The zero-order chi connectivity index (χ0) is 15.9. The van der Waals surface area contributed by atoms with Crippen molar-refractivity contribution in [2.45, 2.75) is 6.54 Å². The van der Waals surface area contributed by atoms with Gasteiger partial charge < -0.3 is 5.73 Å². The molecule has 0 radical (unpaired) electrons. The largest absolute Gasteiger partial charge is 0.399 e. The van der Waals surface area contributed by atoms with Crippen molar-refractivity contribution in [1.82, 2.24) is 4.90 Å². The molecule has 1 aliphatic rings. The molecule has 1 aliphatic heterocycles. The highest BCUT2D eigenvalue weighted by atomic mass is 19.1. The third kappa shape index (κ3) is 2.09. The van der Waals surface area contributed by atoms with E-state index in [4.69, 9.17) is 11.0 Å². The lowest BCUT2D eigenvalue weighted by Crippen LogP contribution is -2.29. The average Bonchev–Trinajstić information content (AvgIpc) is 2.73. The van der Waals surface area contributed by atoms with E-state index in [1.54, 1.807) is 0 Å². The Bertz CT molecular complexity index is 855. The zero-order valence-corrected chi connectivity index (χ0v) is 11.3. The van der Waals surface area contributed by atoms with Crippen LogP contribution in [0.4, 0.5) is 10.1 Å². The molecule has 6 heteroatoms. The summed E-state index contributed by atoms with van der Waals surface area (Å²) in [6.45, 7) is -0.191. The van der Waals surface area contributed by atoms with Crippen molar-refractivity contribution in [3.8, 4) is 6.07 Å². The van der Waals surface area contributed by atoms with Crippen LogP contribution in [0.15, 0.2) is 36.4 Å². The number of nitrogens with two attached hydrogens (primary N) is 1. The van der Waals surface area contributed by atoms with E-state index in [2.05, 4.69) is 0 Å². The smallest absolute Gasteiger partial charge is 0.261 e. The Morgan fingerprint density at radius 3 is 2.50 bits per heavy atom. The number of carbonyl (C=O) groups is 2. The highest BCUT2D eigenvalue weighted by Gasteiger charge is 2.35. The molecule has 108 valence electrons. The summed E-state index contributed by atoms with van der Waals surface area (Å²) in [4.78, 5) is 25.5. The summed E-state index contributed by atoms with van der Waals surface area (Å²) in [6.07, 6.45) is 0. The summed E-state index contributed by atoms with van der Waals surface area (Å²) < 4.78 is 13.9. The molecule has 0 saturated carbocycles. The molecular weight excluding hydrogens is 285 g/mol. The number of halogens is 1. The molecule has 1 heterocycles. The quantitative estimate of drug-likeness (QED) is 0.678. The van der Waals surface area contributed by atoms with Gasteiger partial charge in [0.15, 0.2) is 0 Å². The third-order valence-electron chi connectivity index (χ3n) is 3.51. The average molecular weight is 295 g/mol. The molecule has 2 amide bonds. The van der Waals surface area contributed by atoms with Crippen molar-refractivity contribution in [2.75, 3.05) is 5.73 Å². The maximum Gasteiger partial charge on any atom is 0.261 e. The molecule has 2 N–H and O–H groups in total. The first-order chi connectivity index (χ1) is 10.5.